The molecule has 3 aromatic carbocycles. The molecule has 0 atom stereocenters. The Balaban J connectivity index is 1.97. The van der Waals surface area contributed by atoms with Crippen LogP contribution in [-0.4, -0.2) is 15.6 Å². The molecule has 0 fully saturated rings. The number of aromatic nitrogens is 1. The minimum absolute atomic E-state index is 0.0655. The molecule has 0 unspecified atom stereocenters. The maximum absolute atomic E-state index is 13.7. The first-order chi connectivity index (χ1) is 14.9. The summed E-state index contributed by atoms with van der Waals surface area (Å²) in [6, 6.07) is 18.4. The molecule has 4 aromatic rings. The van der Waals surface area contributed by atoms with Crippen LogP contribution in [0.1, 0.15) is 27.9 Å². The van der Waals surface area contributed by atoms with Crippen LogP contribution in [0, 0.1) is 17.5 Å². The van der Waals surface area contributed by atoms with Crippen molar-refractivity contribution in [2.75, 3.05) is 0 Å². The molecule has 0 amide bonds. The third-order valence-corrected chi connectivity index (χ3v) is 5.39. The summed E-state index contributed by atoms with van der Waals surface area (Å²) in [5, 5.41) is 9.64. The normalized spacial score (nSPS) is 11.5. The highest BCUT2D eigenvalue weighted by Crippen LogP contribution is 2.43. The van der Waals surface area contributed by atoms with Crippen LogP contribution in [0.2, 0.25) is 0 Å². The largest absolute Gasteiger partial charge is 0.506 e. The van der Waals surface area contributed by atoms with E-state index < -0.39 is 22.9 Å². The Bertz CT molecular complexity index is 1090. The predicted octanol–water partition coefficient (Wildman–Crippen LogP) is 5.68. The van der Waals surface area contributed by atoms with E-state index in [1.807, 2.05) is 0 Å². The van der Waals surface area contributed by atoms with Crippen LogP contribution in [0.25, 0.3) is 0 Å². The lowest BCUT2D eigenvalue weighted by molar-refractivity contribution is 0.0884. The minimum atomic E-state index is -1.16. The molecule has 3 nitrogen and oxygen atoms in total. The minimum Gasteiger partial charge on any atom is -0.506 e. The zero-order chi connectivity index (χ0) is 22.0. The van der Waals surface area contributed by atoms with Gasteiger partial charge in [-0.05, 0) is 59.2 Å². The van der Waals surface area contributed by atoms with Gasteiger partial charge in [0, 0.05) is 12.6 Å². The van der Waals surface area contributed by atoms with Crippen LogP contribution < -0.4 is 0 Å². The summed E-state index contributed by atoms with van der Waals surface area (Å²) in [5.74, 6) is -1.77. The summed E-state index contributed by atoms with van der Waals surface area (Å²) < 4.78 is 42.4. The van der Waals surface area contributed by atoms with Gasteiger partial charge in [-0.2, -0.15) is 0 Å². The van der Waals surface area contributed by atoms with Crippen molar-refractivity contribution in [2.45, 2.75) is 11.8 Å². The average molecular weight is 421 g/mol. The fourth-order valence-electron chi connectivity index (χ4n) is 3.87. The monoisotopic (exact) mass is 421 g/mol. The van der Waals surface area contributed by atoms with Gasteiger partial charge < -0.3 is 5.11 Å². The first-order valence-corrected chi connectivity index (χ1v) is 9.57. The molecule has 31 heavy (non-hydrogen) atoms. The van der Waals surface area contributed by atoms with E-state index in [1.165, 1.54) is 59.4 Å². The molecule has 0 saturated heterocycles. The maximum Gasteiger partial charge on any atom is 0.232 e. The van der Waals surface area contributed by atoms with E-state index in [0.29, 0.717) is 16.7 Å². The standard InChI is InChI=1S/C25H18F3NO2/c26-20-7-1-17(2-8-20)25(18-3-9-21(27)10-4-18,19-5-11-22(28)12-6-19)15-24(31)29-14-13-23(30)16-29/h1-14,16,30H,15H2. The second-order valence-electron chi connectivity index (χ2n) is 7.27. The molecule has 0 radical (unpaired) electrons. The lowest BCUT2D eigenvalue weighted by Crippen LogP contribution is -2.34. The molecule has 4 rings (SSSR count). The fraction of sp³-hybridized carbons (Fsp3) is 0.0800. The Morgan fingerprint density at radius 3 is 1.42 bits per heavy atom. The number of carbonyl (C=O) groups excluding carboxylic acids is 1. The molecule has 0 aliphatic carbocycles. The summed E-state index contributed by atoms with van der Waals surface area (Å²) in [6.45, 7) is 0. The Labute approximate surface area is 177 Å². The number of benzene rings is 3. The predicted molar refractivity (Wildman–Crippen MR) is 110 cm³/mol. The number of hydrogen-bond acceptors (Lipinski definition) is 2. The van der Waals surface area contributed by atoms with Crippen molar-refractivity contribution in [2.24, 2.45) is 0 Å². The smallest absolute Gasteiger partial charge is 0.232 e. The van der Waals surface area contributed by atoms with Crippen molar-refractivity contribution in [3.63, 3.8) is 0 Å². The zero-order valence-corrected chi connectivity index (χ0v) is 16.3. The van der Waals surface area contributed by atoms with Crippen molar-refractivity contribution in [3.8, 4) is 5.75 Å². The molecule has 6 heteroatoms. The highest BCUT2D eigenvalue weighted by atomic mass is 19.1. The lowest BCUT2D eigenvalue weighted by Gasteiger charge is -2.35. The summed E-state index contributed by atoms with van der Waals surface area (Å²) >= 11 is 0. The topological polar surface area (TPSA) is 42.2 Å². The molecule has 0 saturated carbocycles. The Kier molecular flexibility index (Phi) is 5.38. The lowest BCUT2D eigenvalue weighted by atomic mass is 9.67. The van der Waals surface area contributed by atoms with Gasteiger partial charge in [-0.15, -0.1) is 0 Å². The second kappa shape index (κ2) is 8.14. The molecule has 0 aliphatic rings. The van der Waals surface area contributed by atoms with E-state index in [9.17, 15) is 23.1 Å². The van der Waals surface area contributed by atoms with Crippen LogP contribution in [0.4, 0.5) is 13.2 Å². The number of aromatic hydroxyl groups is 1. The van der Waals surface area contributed by atoms with Crippen molar-refractivity contribution < 1.29 is 23.1 Å². The van der Waals surface area contributed by atoms with Crippen molar-refractivity contribution in [3.05, 3.63) is 125 Å². The average Bonchev–Trinajstić information content (AvgIpc) is 3.20. The van der Waals surface area contributed by atoms with Gasteiger partial charge in [0.05, 0.1) is 11.6 Å². The van der Waals surface area contributed by atoms with Crippen LogP contribution in [-0.2, 0) is 5.41 Å². The summed E-state index contributed by atoms with van der Waals surface area (Å²) in [5.41, 5.74) is 0.581. The van der Waals surface area contributed by atoms with E-state index in [2.05, 4.69) is 0 Å². The van der Waals surface area contributed by atoms with Crippen LogP contribution in [0.15, 0.2) is 91.3 Å². The maximum atomic E-state index is 13.7. The van der Waals surface area contributed by atoms with Crippen LogP contribution in [0.5, 0.6) is 5.75 Å². The van der Waals surface area contributed by atoms with Gasteiger partial charge >= 0.3 is 0 Å². The van der Waals surface area contributed by atoms with E-state index in [-0.39, 0.29) is 18.1 Å². The van der Waals surface area contributed by atoms with E-state index in [1.54, 1.807) is 36.4 Å². The van der Waals surface area contributed by atoms with Crippen LogP contribution in [0.3, 0.4) is 0 Å². The fourth-order valence-corrected chi connectivity index (χ4v) is 3.87. The number of hydrogen-bond donors (Lipinski definition) is 1. The van der Waals surface area contributed by atoms with E-state index >= 15 is 0 Å². The first kappa shape index (κ1) is 20.5. The Hall–Kier alpha value is -3.80. The molecule has 1 aromatic heterocycles. The van der Waals surface area contributed by atoms with Gasteiger partial charge in [0.25, 0.3) is 0 Å². The molecule has 0 bridgehead atoms. The van der Waals surface area contributed by atoms with E-state index in [4.69, 9.17) is 0 Å². The Morgan fingerprint density at radius 1 is 0.710 bits per heavy atom. The summed E-state index contributed by atoms with van der Waals surface area (Å²) in [6.07, 6.45) is 2.58. The van der Waals surface area contributed by atoms with Gasteiger partial charge in [0.15, 0.2) is 0 Å². The number of rotatable bonds is 5. The zero-order valence-electron chi connectivity index (χ0n) is 16.3. The quantitative estimate of drug-likeness (QED) is 0.422. The SMILES string of the molecule is O=C(CC(c1ccc(F)cc1)(c1ccc(F)cc1)c1ccc(F)cc1)n1ccc(O)c1. The molecular formula is C25H18F3NO2. The molecular weight excluding hydrogens is 403 g/mol. The summed E-state index contributed by atoms with van der Waals surface area (Å²) in [7, 11) is 0. The Morgan fingerprint density at radius 2 is 1.10 bits per heavy atom. The van der Waals surface area contributed by atoms with Gasteiger partial charge in [-0.3, -0.25) is 9.36 Å². The highest BCUT2D eigenvalue weighted by Gasteiger charge is 2.39. The molecule has 1 heterocycles. The van der Waals surface area contributed by atoms with Gasteiger partial charge in [0.2, 0.25) is 5.91 Å². The van der Waals surface area contributed by atoms with Gasteiger partial charge in [-0.1, -0.05) is 36.4 Å². The molecule has 0 spiro atoms. The van der Waals surface area contributed by atoms with Crippen molar-refractivity contribution >= 4 is 5.91 Å². The second-order valence-corrected chi connectivity index (χ2v) is 7.27. The summed E-state index contributed by atoms with van der Waals surface area (Å²) in [4.78, 5) is 13.2. The van der Waals surface area contributed by atoms with E-state index in [0.717, 1.165) is 0 Å². The molecule has 0 aliphatic heterocycles. The highest BCUT2D eigenvalue weighted by molar-refractivity contribution is 5.82. The number of halogens is 3. The molecule has 1 N–H and O–H groups in total. The van der Waals surface area contributed by atoms with Crippen molar-refractivity contribution in [1.82, 2.24) is 4.57 Å². The van der Waals surface area contributed by atoms with Crippen molar-refractivity contribution in [1.29, 1.82) is 0 Å². The first-order valence-electron chi connectivity index (χ1n) is 9.57. The van der Waals surface area contributed by atoms with Gasteiger partial charge in [-0.25, -0.2) is 13.2 Å². The third-order valence-electron chi connectivity index (χ3n) is 5.39. The van der Waals surface area contributed by atoms with Crippen LogP contribution >= 0.6 is 0 Å². The third kappa shape index (κ3) is 3.97. The number of nitrogens with zero attached hydrogens (tertiary/aromatic N) is 1. The number of carbonyl (C=O) groups is 1. The van der Waals surface area contributed by atoms with Gasteiger partial charge in [0.1, 0.15) is 23.2 Å². The molecule has 156 valence electrons.